The summed E-state index contributed by atoms with van der Waals surface area (Å²) >= 11 is 0. The summed E-state index contributed by atoms with van der Waals surface area (Å²) < 4.78 is 46.5. The normalized spacial score (nSPS) is 30.4. The zero-order valence-corrected chi connectivity index (χ0v) is 10.1. The van der Waals surface area contributed by atoms with Crippen molar-refractivity contribution in [3.8, 4) is 0 Å². The van der Waals surface area contributed by atoms with E-state index in [0.29, 0.717) is 6.42 Å². The molecule has 0 radical (unpaired) electrons. The highest BCUT2D eigenvalue weighted by Gasteiger charge is 2.38. The highest BCUT2D eigenvalue weighted by Crippen LogP contribution is 2.29. The molecule has 1 atom stereocenters. The van der Waals surface area contributed by atoms with Crippen LogP contribution in [-0.4, -0.2) is 27.8 Å². The molecule has 1 rings (SSSR count). The minimum atomic E-state index is -3.37. The average Bonchev–Trinajstić information content (AvgIpc) is 2.09. The Balaban J connectivity index is 3.49. The predicted octanol–water partition coefficient (Wildman–Crippen LogP) is 0.860. The zero-order valence-electron chi connectivity index (χ0n) is 8.44. The predicted molar refractivity (Wildman–Crippen MR) is 55.2 cm³/mol. The lowest BCUT2D eigenvalue weighted by Crippen LogP contribution is -2.35. The monoisotopic (exact) mass is 238 g/mol. The first-order valence-corrected chi connectivity index (χ1v) is 7.57. The van der Waals surface area contributed by atoms with Gasteiger partial charge in [0, 0.05) is 0 Å². The molecule has 0 spiro atoms. The van der Waals surface area contributed by atoms with E-state index in [-0.39, 0.29) is 15.6 Å². The van der Waals surface area contributed by atoms with Gasteiger partial charge in [0.05, 0.1) is 20.8 Å². The van der Waals surface area contributed by atoms with E-state index in [4.69, 9.17) is 0 Å². The first-order chi connectivity index (χ1) is 6.23. The largest absolute Gasteiger partial charge is 0.224 e. The fourth-order valence-corrected chi connectivity index (χ4v) is 6.20. The van der Waals surface area contributed by atoms with Gasteiger partial charge in [-0.05, 0) is 20.3 Å². The Bertz CT molecular complexity index is 467. The van der Waals surface area contributed by atoms with E-state index < -0.39 is 24.9 Å². The summed E-state index contributed by atoms with van der Waals surface area (Å²) in [6.45, 7) is 4.41. The van der Waals surface area contributed by atoms with E-state index in [0.717, 1.165) is 0 Å². The third-order valence-electron chi connectivity index (χ3n) is 2.69. The van der Waals surface area contributed by atoms with Crippen molar-refractivity contribution in [3.05, 3.63) is 9.81 Å². The fourth-order valence-electron chi connectivity index (χ4n) is 1.47. The first-order valence-electron chi connectivity index (χ1n) is 4.37. The van der Waals surface area contributed by atoms with Gasteiger partial charge in [-0.1, -0.05) is 6.92 Å². The second-order valence-electron chi connectivity index (χ2n) is 3.47. The molecule has 0 N–H and O–H groups in total. The molecule has 0 saturated carbocycles. The fraction of sp³-hybridized carbons (Fsp3) is 0.750. The van der Waals surface area contributed by atoms with Crippen molar-refractivity contribution in [2.24, 2.45) is 0 Å². The summed E-state index contributed by atoms with van der Waals surface area (Å²) in [6.07, 6.45) is 0.339. The van der Waals surface area contributed by atoms with E-state index in [1.807, 2.05) is 0 Å². The molecule has 1 unspecified atom stereocenters. The number of sulfone groups is 2. The van der Waals surface area contributed by atoms with Crippen LogP contribution in [0.3, 0.4) is 0 Å². The minimum absolute atomic E-state index is 0.00204. The van der Waals surface area contributed by atoms with Gasteiger partial charge in [0.15, 0.2) is 19.7 Å². The Hall–Kier alpha value is -0.360. The molecule has 0 aromatic heterocycles. The lowest BCUT2D eigenvalue weighted by atomic mass is 10.4. The van der Waals surface area contributed by atoms with E-state index in [9.17, 15) is 16.8 Å². The Labute approximate surface area is 84.8 Å². The van der Waals surface area contributed by atoms with Gasteiger partial charge in [0.2, 0.25) is 0 Å². The average molecular weight is 238 g/mol. The van der Waals surface area contributed by atoms with Gasteiger partial charge in [-0.25, -0.2) is 16.8 Å². The molecule has 0 fully saturated rings. The maximum atomic E-state index is 11.7. The van der Waals surface area contributed by atoms with Gasteiger partial charge < -0.3 is 0 Å². The molecule has 1 heterocycles. The van der Waals surface area contributed by atoms with Crippen molar-refractivity contribution < 1.29 is 16.8 Å². The molecule has 0 bridgehead atoms. The lowest BCUT2D eigenvalue weighted by molar-refractivity contribution is 0.572. The molecular formula is C8H14O4S2. The van der Waals surface area contributed by atoms with Crippen LogP contribution in [0.5, 0.6) is 0 Å². The number of hydrogen-bond donors (Lipinski definition) is 0. The second kappa shape index (κ2) is 3.34. The third-order valence-corrected chi connectivity index (χ3v) is 7.65. The topological polar surface area (TPSA) is 68.3 Å². The van der Waals surface area contributed by atoms with Crippen LogP contribution in [0.15, 0.2) is 9.81 Å². The number of rotatable bonds is 1. The molecule has 82 valence electrons. The summed E-state index contributed by atoms with van der Waals surface area (Å²) in [4.78, 5) is 0.0119. The van der Waals surface area contributed by atoms with Gasteiger partial charge in [-0.2, -0.15) is 0 Å². The van der Waals surface area contributed by atoms with Crippen molar-refractivity contribution in [2.45, 2.75) is 32.4 Å². The quantitative estimate of drug-likeness (QED) is 0.679. The molecule has 6 heteroatoms. The van der Waals surface area contributed by atoms with Gasteiger partial charge in [-0.3, -0.25) is 0 Å². The highest BCUT2D eigenvalue weighted by atomic mass is 32.2. The second-order valence-corrected chi connectivity index (χ2v) is 8.01. The summed E-state index contributed by atoms with van der Waals surface area (Å²) in [5.41, 5.74) is 0. The van der Waals surface area contributed by atoms with Crippen LogP contribution >= 0.6 is 0 Å². The third kappa shape index (κ3) is 1.61. The molecular weight excluding hydrogens is 224 g/mol. The van der Waals surface area contributed by atoms with E-state index in [1.165, 1.54) is 13.8 Å². The van der Waals surface area contributed by atoms with Gasteiger partial charge >= 0.3 is 0 Å². The van der Waals surface area contributed by atoms with Gasteiger partial charge in [-0.15, -0.1) is 0 Å². The molecule has 14 heavy (non-hydrogen) atoms. The van der Waals surface area contributed by atoms with Crippen LogP contribution in [0.4, 0.5) is 0 Å². The Morgan fingerprint density at radius 2 is 1.64 bits per heavy atom. The summed E-state index contributed by atoms with van der Waals surface area (Å²) in [5.74, 6) is -0.269. The van der Waals surface area contributed by atoms with Crippen molar-refractivity contribution in [3.63, 3.8) is 0 Å². The molecule has 1 aliphatic heterocycles. The van der Waals surface area contributed by atoms with Crippen LogP contribution < -0.4 is 0 Å². The SMILES string of the molecule is CCC1CS(=O)(=O)C(C)=C(C)S1(=O)=O. The molecule has 0 aromatic carbocycles. The van der Waals surface area contributed by atoms with Gasteiger partial charge in [0.1, 0.15) is 0 Å². The maximum Gasteiger partial charge on any atom is 0.179 e. The van der Waals surface area contributed by atoms with E-state index in [1.54, 1.807) is 6.92 Å². The van der Waals surface area contributed by atoms with E-state index >= 15 is 0 Å². The van der Waals surface area contributed by atoms with Crippen molar-refractivity contribution in [2.75, 3.05) is 5.75 Å². The molecule has 0 amide bonds. The highest BCUT2D eigenvalue weighted by molar-refractivity contribution is 8.02. The zero-order chi connectivity index (χ0) is 11.1. The summed E-state index contributed by atoms with van der Waals surface area (Å²) in [6, 6.07) is 0. The molecule has 1 aliphatic rings. The van der Waals surface area contributed by atoms with Crippen LogP contribution in [0.2, 0.25) is 0 Å². The smallest absolute Gasteiger partial charge is 0.179 e. The molecule has 4 nitrogen and oxygen atoms in total. The summed E-state index contributed by atoms with van der Waals surface area (Å²) in [5, 5.41) is -0.767. The minimum Gasteiger partial charge on any atom is -0.224 e. The summed E-state index contributed by atoms with van der Waals surface area (Å²) in [7, 11) is -6.71. The maximum absolute atomic E-state index is 11.7. The van der Waals surface area contributed by atoms with Crippen LogP contribution in [0.25, 0.3) is 0 Å². The number of allylic oxidation sites excluding steroid dienone is 2. The standard InChI is InChI=1S/C8H14O4S2/c1-4-8-5-13(9,10)6(2)7(3)14(8,11)12/h8H,4-5H2,1-3H3. The van der Waals surface area contributed by atoms with Crippen LogP contribution in [0.1, 0.15) is 27.2 Å². The van der Waals surface area contributed by atoms with Crippen molar-refractivity contribution in [1.82, 2.24) is 0 Å². The Kier molecular flexibility index (Phi) is 2.80. The first kappa shape index (κ1) is 11.7. The Morgan fingerprint density at radius 1 is 1.14 bits per heavy atom. The molecule has 0 aromatic rings. The van der Waals surface area contributed by atoms with Crippen LogP contribution in [-0.2, 0) is 19.7 Å². The van der Waals surface area contributed by atoms with E-state index in [2.05, 4.69) is 0 Å². The van der Waals surface area contributed by atoms with Crippen molar-refractivity contribution in [1.29, 1.82) is 0 Å². The molecule has 0 saturated heterocycles. The Morgan fingerprint density at radius 3 is 2.07 bits per heavy atom. The number of hydrogen-bond acceptors (Lipinski definition) is 4. The lowest BCUT2D eigenvalue weighted by Gasteiger charge is -2.23. The van der Waals surface area contributed by atoms with Crippen LogP contribution in [0, 0.1) is 0 Å². The van der Waals surface area contributed by atoms with Gasteiger partial charge in [0.25, 0.3) is 0 Å². The van der Waals surface area contributed by atoms with Crippen molar-refractivity contribution >= 4 is 19.7 Å². The molecule has 0 aliphatic carbocycles.